The second-order valence-corrected chi connectivity index (χ2v) is 11.2. The number of nitrogens with zero attached hydrogens (tertiary/aromatic N) is 1. The van der Waals surface area contributed by atoms with Crippen molar-refractivity contribution in [2.75, 3.05) is 12.3 Å². The van der Waals surface area contributed by atoms with Gasteiger partial charge in [-0.2, -0.15) is 0 Å². The van der Waals surface area contributed by atoms with Crippen LogP contribution in [0.1, 0.15) is 5.56 Å². The highest BCUT2D eigenvalue weighted by Crippen LogP contribution is 2.46. The molecule has 2 aliphatic heterocycles. The van der Waals surface area contributed by atoms with Crippen LogP contribution in [0.5, 0.6) is 0 Å². The molecule has 3 atom stereocenters. The molecule has 2 amide bonds. The van der Waals surface area contributed by atoms with Gasteiger partial charge in [-0.1, -0.05) is 72.8 Å². The molecule has 0 spiro atoms. The van der Waals surface area contributed by atoms with Crippen LogP contribution in [0.25, 0.3) is 11.1 Å². The molecule has 3 aromatic rings. The highest BCUT2D eigenvalue weighted by Gasteiger charge is 2.57. The molecule has 35 heavy (non-hydrogen) atoms. The topological polar surface area (TPSA) is 86.7 Å². The Kier molecular flexibility index (Phi) is 6.58. The number of carbonyl (C=O) groups excluding carboxylic acids is 2. The van der Waals surface area contributed by atoms with Crippen molar-refractivity contribution in [3.63, 3.8) is 0 Å². The minimum atomic E-state index is -1.16. The molecule has 0 saturated carbocycles. The minimum absolute atomic E-state index is 0.101. The lowest BCUT2D eigenvalue weighted by molar-refractivity contribution is -0.152. The number of fused-ring (bicyclic) bond motifs is 1. The average molecular weight is 505 g/mol. The molecule has 0 aromatic heterocycles. The van der Waals surface area contributed by atoms with E-state index in [0.717, 1.165) is 21.6 Å². The second kappa shape index (κ2) is 9.79. The Bertz CT molecular complexity index is 1250. The van der Waals surface area contributed by atoms with Crippen molar-refractivity contribution in [2.24, 2.45) is 0 Å². The lowest BCUT2D eigenvalue weighted by atomic mass is 10.0. The van der Waals surface area contributed by atoms with Gasteiger partial charge in [0.25, 0.3) is 0 Å². The van der Waals surface area contributed by atoms with Crippen LogP contribution in [0.3, 0.4) is 0 Å². The molecule has 3 aromatic carbocycles. The molecule has 1 unspecified atom stereocenters. The average Bonchev–Trinajstić information content (AvgIpc) is 2.88. The third-order valence-electron chi connectivity index (χ3n) is 6.22. The van der Waals surface area contributed by atoms with Crippen molar-refractivity contribution in [3.8, 4) is 11.1 Å². The molecule has 2 saturated heterocycles. The van der Waals surface area contributed by atoms with Gasteiger partial charge in [-0.15, -0.1) is 23.5 Å². The molecule has 6 nitrogen and oxygen atoms in total. The molecule has 0 bridgehead atoms. The van der Waals surface area contributed by atoms with Gasteiger partial charge in [-0.05, 0) is 28.8 Å². The van der Waals surface area contributed by atoms with Gasteiger partial charge in [-0.3, -0.25) is 14.4 Å². The monoisotopic (exact) mass is 504 g/mol. The van der Waals surface area contributed by atoms with E-state index in [1.165, 1.54) is 23.5 Å². The summed E-state index contributed by atoms with van der Waals surface area (Å²) in [5.41, 5.74) is 2.95. The first kappa shape index (κ1) is 23.5. The predicted molar refractivity (Wildman–Crippen MR) is 138 cm³/mol. The normalized spacial score (nSPS) is 23.2. The zero-order valence-corrected chi connectivity index (χ0v) is 20.4. The number of hydrogen-bond acceptors (Lipinski definition) is 5. The number of thioether (sulfide) groups is 2. The SMILES string of the molecule is O=C(Cc1ccccc1)N[C@@H]1C(=O)N2CC(Sc3cccc(-c4ccccc4)c3)(C(=O)O)CS[C@H]12. The Labute approximate surface area is 212 Å². The molecule has 2 N–H and O–H groups in total. The summed E-state index contributed by atoms with van der Waals surface area (Å²) in [4.78, 5) is 40.2. The zero-order valence-electron chi connectivity index (χ0n) is 18.8. The summed E-state index contributed by atoms with van der Waals surface area (Å²) >= 11 is 2.70. The fraction of sp³-hybridized carbons (Fsp3) is 0.222. The van der Waals surface area contributed by atoms with Crippen LogP contribution in [0.2, 0.25) is 0 Å². The summed E-state index contributed by atoms with van der Waals surface area (Å²) in [6.45, 7) is 0.101. The standard InChI is InChI=1S/C27H24N2O4S2/c30-22(14-18-8-3-1-4-9-18)28-23-24(31)29-16-27(26(32)33,17-34-25(23)29)35-21-13-7-12-20(15-21)19-10-5-2-6-11-19/h1-13,15,23,25H,14,16-17H2,(H,28,30)(H,32,33)/t23-,25-,27?/m1/s1. The van der Waals surface area contributed by atoms with E-state index in [-0.39, 0.29) is 30.2 Å². The molecule has 2 fully saturated rings. The molecular formula is C27H24N2O4S2. The first-order chi connectivity index (χ1) is 16.9. The Balaban J connectivity index is 1.27. The number of nitrogens with one attached hydrogen (secondary N) is 1. The van der Waals surface area contributed by atoms with Gasteiger partial charge >= 0.3 is 5.97 Å². The van der Waals surface area contributed by atoms with E-state index in [9.17, 15) is 19.5 Å². The first-order valence-corrected chi connectivity index (χ1v) is 13.1. The van der Waals surface area contributed by atoms with Gasteiger partial charge in [0.15, 0.2) is 0 Å². The van der Waals surface area contributed by atoms with Crippen molar-refractivity contribution in [3.05, 3.63) is 90.5 Å². The van der Waals surface area contributed by atoms with Crippen molar-refractivity contribution < 1.29 is 19.5 Å². The van der Waals surface area contributed by atoms with Gasteiger partial charge in [0.2, 0.25) is 11.8 Å². The maximum atomic E-state index is 12.9. The largest absolute Gasteiger partial charge is 0.480 e. The van der Waals surface area contributed by atoms with E-state index in [2.05, 4.69) is 5.32 Å². The summed E-state index contributed by atoms with van der Waals surface area (Å²) in [5, 5.41) is 12.8. The summed E-state index contributed by atoms with van der Waals surface area (Å²) in [6, 6.07) is 26.5. The Hall–Kier alpha value is -3.23. The molecule has 5 rings (SSSR count). The Morgan fingerprint density at radius 2 is 1.69 bits per heavy atom. The Morgan fingerprint density at radius 3 is 2.40 bits per heavy atom. The van der Waals surface area contributed by atoms with Crippen LogP contribution in [0.15, 0.2) is 89.8 Å². The molecular weight excluding hydrogens is 480 g/mol. The number of β-lactam (4-membered cyclic amide) rings is 1. The maximum absolute atomic E-state index is 12.9. The third kappa shape index (κ3) is 4.81. The minimum Gasteiger partial charge on any atom is -0.480 e. The second-order valence-electron chi connectivity index (χ2n) is 8.67. The fourth-order valence-electron chi connectivity index (χ4n) is 4.39. The molecule has 0 radical (unpaired) electrons. The first-order valence-electron chi connectivity index (χ1n) is 11.3. The third-order valence-corrected chi connectivity index (χ3v) is 9.26. The summed E-state index contributed by atoms with van der Waals surface area (Å²) in [6.07, 6.45) is 0.203. The van der Waals surface area contributed by atoms with E-state index < -0.39 is 16.8 Å². The van der Waals surface area contributed by atoms with Crippen LogP contribution in [0, 0.1) is 0 Å². The van der Waals surface area contributed by atoms with E-state index in [0.29, 0.717) is 5.75 Å². The van der Waals surface area contributed by atoms with Crippen molar-refractivity contribution in [1.29, 1.82) is 0 Å². The number of carboxylic acid groups (broad SMARTS) is 1. The lowest BCUT2D eigenvalue weighted by Gasteiger charge is -2.53. The van der Waals surface area contributed by atoms with E-state index in [1.807, 2.05) is 84.9 Å². The number of carboxylic acids is 1. The molecule has 0 aliphatic carbocycles. The van der Waals surface area contributed by atoms with Crippen LogP contribution in [-0.4, -0.2) is 56.3 Å². The smallest absolute Gasteiger partial charge is 0.322 e. The van der Waals surface area contributed by atoms with E-state index >= 15 is 0 Å². The van der Waals surface area contributed by atoms with Gasteiger partial charge in [0.1, 0.15) is 16.2 Å². The van der Waals surface area contributed by atoms with E-state index in [4.69, 9.17) is 0 Å². The van der Waals surface area contributed by atoms with Crippen LogP contribution < -0.4 is 5.32 Å². The van der Waals surface area contributed by atoms with Crippen molar-refractivity contribution >= 4 is 41.3 Å². The predicted octanol–water partition coefficient (Wildman–Crippen LogP) is 3.91. The Morgan fingerprint density at radius 1 is 1.00 bits per heavy atom. The van der Waals surface area contributed by atoms with E-state index in [1.54, 1.807) is 4.90 Å². The van der Waals surface area contributed by atoms with Crippen LogP contribution in [0.4, 0.5) is 0 Å². The summed E-state index contributed by atoms with van der Waals surface area (Å²) < 4.78 is -1.16. The van der Waals surface area contributed by atoms with Gasteiger partial charge in [0, 0.05) is 17.2 Å². The zero-order chi connectivity index (χ0) is 24.4. The molecule has 178 valence electrons. The van der Waals surface area contributed by atoms with Crippen LogP contribution >= 0.6 is 23.5 Å². The number of rotatable bonds is 7. The number of hydrogen-bond donors (Lipinski definition) is 2. The van der Waals surface area contributed by atoms with Gasteiger partial charge < -0.3 is 15.3 Å². The van der Waals surface area contributed by atoms with Gasteiger partial charge in [0.05, 0.1) is 6.42 Å². The summed E-state index contributed by atoms with van der Waals surface area (Å²) in [5.74, 6) is -1.05. The quantitative estimate of drug-likeness (QED) is 0.475. The highest BCUT2D eigenvalue weighted by molar-refractivity contribution is 8.05. The molecule has 2 aliphatic rings. The maximum Gasteiger partial charge on any atom is 0.322 e. The van der Waals surface area contributed by atoms with Gasteiger partial charge in [-0.25, -0.2) is 0 Å². The number of aliphatic carboxylic acids is 1. The van der Waals surface area contributed by atoms with Crippen molar-refractivity contribution in [1.82, 2.24) is 10.2 Å². The fourth-order valence-corrected chi connectivity index (χ4v) is 7.29. The number of amides is 2. The highest BCUT2D eigenvalue weighted by atomic mass is 32.2. The summed E-state index contributed by atoms with van der Waals surface area (Å²) in [7, 11) is 0. The lowest BCUT2D eigenvalue weighted by Crippen LogP contribution is -2.74. The molecule has 2 heterocycles. The molecule has 8 heteroatoms. The van der Waals surface area contributed by atoms with Crippen molar-refractivity contribution in [2.45, 2.75) is 27.5 Å². The number of benzene rings is 3. The van der Waals surface area contributed by atoms with Crippen LogP contribution in [-0.2, 0) is 20.8 Å². The number of carbonyl (C=O) groups is 3.